The summed E-state index contributed by atoms with van der Waals surface area (Å²) in [5, 5.41) is 8.63. The lowest BCUT2D eigenvalue weighted by atomic mass is 9.96. The molecule has 7 heteroatoms. The van der Waals surface area contributed by atoms with E-state index in [-0.39, 0.29) is 29.7 Å². The smallest absolute Gasteiger partial charge is 0.303 e. The third kappa shape index (κ3) is 3.16. The molecular formula is C13H15F2NO4. The number of carbonyl (C=O) groups is 1. The molecule has 5 nitrogen and oxygen atoms in total. The third-order valence-corrected chi connectivity index (χ3v) is 3.05. The van der Waals surface area contributed by atoms with Crippen LogP contribution in [0.1, 0.15) is 36.4 Å². The minimum absolute atomic E-state index is 0.0781. The van der Waals surface area contributed by atoms with Crippen LogP contribution < -0.4 is 15.2 Å². The standard InChI is InChI=1S/C13H15F2NO4/c14-13(15)8-6-11-10(19-3-4-20-11)5-7(8)9(16)1-2-12(17)18/h5-6,9,13H,1-4,16H2,(H,17,18). The fourth-order valence-corrected chi connectivity index (χ4v) is 2.06. The van der Waals surface area contributed by atoms with Gasteiger partial charge in [-0.1, -0.05) is 0 Å². The molecule has 0 amide bonds. The fourth-order valence-electron chi connectivity index (χ4n) is 2.06. The van der Waals surface area contributed by atoms with Gasteiger partial charge < -0.3 is 20.3 Å². The molecule has 0 radical (unpaired) electrons. The van der Waals surface area contributed by atoms with Gasteiger partial charge in [0, 0.05) is 18.0 Å². The molecule has 2 rings (SSSR count). The second-order valence-electron chi connectivity index (χ2n) is 4.46. The normalized spacial score (nSPS) is 15.2. The number of aliphatic carboxylic acids is 1. The predicted molar refractivity (Wildman–Crippen MR) is 66.2 cm³/mol. The number of rotatable bonds is 5. The molecular weight excluding hydrogens is 272 g/mol. The molecule has 110 valence electrons. The van der Waals surface area contributed by atoms with Crippen molar-refractivity contribution in [1.29, 1.82) is 0 Å². The van der Waals surface area contributed by atoms with Gasteiger partial charge in [0.05, 0.1) is 0 Å². The topological polar surface area (TPSA) is 81.8 Å². The van der Waals surface area contributed by atoms with Crippen molar-refractivity contribution in [3.63, 3.8) is 0 Å². The highest BCUT2D eigenvalue weighted by molar-refractivity contribution is 5.66. The van der Waals surface area contributed by atoms with Gasteiger partial charge in [-0.25, -0.2) is 8.78 Å². The number of halogens is 2. The van der Waals surface area contributed by atoms with Gasteiger partial charge in [-0.15, -0.1) is 0 Å². The number of carboxylic acids is 1. The zero-order valence-electron chi connectivity index (χ0n) is 10.6. The number of nitrogens with two attached hydrogens (primary N) is 1. The van der Waals surface area contributed by atoms with Crippen molar-refractivity contribution < 1.29 is 28.2 Å². The van der Waals surface area contributed by atoms with Crippen LogP contribution in [0.4, 0.5) is 8.78 Å². The number of alkyl halides is 2. The Morgan fingerprint density at radius 3 is 2.30 bits per heavy atom. The summed E-state index contributed by atoms with van der Waals surface area (Å²) in [4.78, 5) is 10.5. The van der Waals surface area contributed by atoms with Crippen molar-refractivity contribution in [2.45, 2.75) is 25.3 Å². The molecule has 0 fully saturated rings. The van der Waals surface area contributed by atoms with Crippen molar-refractivity contribution >= 4 is 5.97 Å². The van der Waals surface area contributed by atoms with E-state index >= 15 is 0 Å². The quantitative estimate of drug-likeness (QED) is 0.868. The Kier molecular flexibility index (Phi) is 4.39. The van der Waals surface area contributed by atoms with Gasteiger partial charge >= 0.3 is 5.97 Å². The Balaban J connectivity index is 2.31. The molecule has 0 aromatic heterocycles. The van der Waals surface area contributed by atoms with Gasteiger partial charge in [0.15, 0.2) is 11.5 Å². The molecule has 1 atom stereocenters. The van der Waals surface area contributed by atoms with Crippen LogP contribution >= 0.6 is 0 Å². The van der Waals surface area contributed by atoms with Crippen LogP contribution in [0.15, 0.2) is 12.1 Å². The van der Waals surface area contributed by atoms with Crippen LogP contribution in [0.3, 0.4) is 0 Å². The summed E-state index contributed by atoms with van der Waals surface area (Å²) in [6.45, 7) is 0.644. The first-order valence-electron chi connectivity index (χ1n) is 6.18. The van der Waals surface area contributed by atoms with Crippen LogP contribution in [0.5, 0.6) is 11.5 Å². The van der Waals surface area contributed by atoms with Gasteiger partial charge in [-0.2, -0.15) is 0 Å². The second kappa shape index (κ2) is 6.04. The third-order valence-electron chi connectivity index (χ3n) is 3.05. The highest BCUT2D eigenvalue weighted by atomic mass is 19.3. The van der Waals surface area contributed by atoms with Crippen molar-refractivity contribution in [2.24, 2.45) is 5.73 Å². The fraction of sp³-hybridized carbons (Fsp3) is 0.462. The molecule has 1 unspecified atom stereocenters. The minimum atomic E-state index is -2.71. The van der Waals surface area contributed by atoms with Crippen LogP contribution in [0, 0.1) is 0 Å². The lowest BCUT2D eigenvalue weighted by Crippen LogP contribution is -2.19. The summed E-state index contributed by atoms with van der Waals surface area (Å²) < 4.78 is 36.8. The number of fused-ring (bicyclic) bond motifs is 1. The van der Waals surface area contributed by atoms with E-state index in [1.54, 1.807) is 0 Å². The first-order chi connectivity index (χ1) is 9.49. The van der Waals surface area contributed by atoms with E-state index in [4.69, 9.17) is 20.3 Å². The molecule has 1 heterocycles. The second-order valence-corrected chi connectivity index (χ2v) is 4.46. The molecule has 3 N–H and O–H groups in total. The van der Waals surface area contributed by atoms with Crippen molar-refractivity contribution in [1.82, 2.24) is 0 Å². The molecule has 20 heavy (non-hydrogen) atoms. The summed E-state index contributed by atoms with van der Waals surface area (Å²) >= 11 is 0. The maximum atomic E-state index is 13.1. The maximum Gasteiger partial charge on any atom is 0.303 e. The van der Waals surface area contributed by atoms with E-state index in [1.807, 2.05) is 0 Å². The van der Waals surface area contributed by atoms with Gasteiger partial charge in [-0.05, 0) is 24.1 Å². The number of benzene rings is 1. The van der Waals surface area contributed by atoms with E-state index in [0.29, 0.717) is 19.0 Å². The summed E-state index contributed by atoms with van der Waals surface area (Å²) in [6, 6.07) is 1.85. The van der Waals surface area contributed by atoms with Crippen molar-refractivity contribution in [2.75, 3.05) is 13.2 Å². The first kappa shape index (κ1) is 14.5. The number of ether oxygens (including phenoxy) is 2. The summed E-state index contributed by atoms with van der Waals surface area (Å²) in [5.41, 5.74) is 5.78. The van der Waals surface area contributed by atoms with Gasteiger partial charge in [0.2, 0.25) is 0 Å². The van der Waals surface area contributed by atoms with Crippen LogP contribution in [-0.2, 0) is 4.79 Å². The SMILES string of the molecule is NC(CCC(=O)O)c1cc2c(cc1C(F)F)OCCO2. The summed E-state index contributed by atoms with van der Waals surface area (Å²) in [5.74, 6) is -0.390. The largest absolute Gasteiger partial charge is 0.486 e. The van der Waals surface area contributed by atoms with Crippen LogP contribution in [-0.4, -0.2) is 24.3 Å². The number of hydrogen-bond acceptors (Lipinski definition) is 4. The Bertz CT molecular complexity index is 507. The van der Waals surface area contributed by atoms with E-state index in [9.17, 15) is 13.6 Å². The molecule has 0 bridgehead atoms. The average molecular weight is 287 g/mol. The number of hydrogen-bond donors (Lipinski definition) is 2. The molecule has 0 saturated heterocycles. The first-order valence-corrected chi connectivity index (χ1v) is 6.18. The molecule has 1 aliphatic heterocycles. The van der Waals surface area contributed by atoms with Gasteiger partial charge in [-0.3, -0.25) is 4.79 Å². The van der Waals surface area contributed by atoms with E-state index in [0.717, 1.165) is 0 Å². The zero-order valence-corrected chi connectivity index (χ0v) is 10.6. The monoisotopic (exact) mass is 287 g/mol. The van der Waals surface area contributed by atoms with E-state index < -0.39 is 18.4 Å². The molecule has 0 saturated carbocycles. The Hall–Kier alpha value is -1.89. The maximum absolute atomic E-state index is 13.1. The molecule has 1 aromatic carbocycles. The highest BCUT2D eigenvalue weighted by Gasteiger charge is 2.24. The average Bonchev–Trinajstić information content (AvgIpc) is 2.43. The van der Waals surface area contributed by atoms with Crippen molar-refractivity contribution in [3.05, 3.63) is 23.3 Å². The minimum Gasteiger partial charge on any atom is -0.486 e. The molecule has 1 aromatic rings. The highest BCUT2D eigenvalue weighted by Crippen LogP contribution is 2.39. The summed E-state index contributed by atoms with van der Waals surface area (Å²) in [6.07, 6.45) is -2.82. The molecule has 0 aliphatic carbocycles. The Morgan fingerprint density at radius 2 is 1.80 bits per heavy atom. The lowest BCUT2D eigenvalue weighted by Gasteiger charge is -2.23. The van der Waals surface area contributed by atoms with Crippen LogP contribution in [0.25, 0.3) is 0 Å². The Morgan fingerprint density at radius 1 is 1.25 bits per heavy atom. The van der Waals surface area contributed by atoms with Gasteiger partial charge in [0.25, 0.3) is 6.43 Å². The van der Waals surface area contributed by atoms with Crippen LogP contribution in [0.2, 0.25) is 0 Å². The van der Waals surface area contributed by atoms with Gasteiger partial charge in [0.1, 0.15) is 13.2 Å². The van der Waals surface area contributed by atoms with Crippen molar-refractivity contribution in [3.8, 4) is 11.5 Å². The lowest BCUT2D eigenvalue weighted by molar-refractivity contribution is -0.137. The summed E-state index contributed by atoms with van der Waals surface area (Å²) in [7, 11) is 0. The molecule has 1 aliphatic rings. The molecule has 0 spiro atoms. The predicted octanol–water partition coefficient (Wildman–Crippen LogP) is 2.26. The zero-order chi connectivity index (χ0) is 14.7. The Labute approximate surface area is 114 Å². The number of carboxylic acid groups (broad SMARTS) is 1. The van der Waals surface area contributed by atoms with E-state index in [2.05, 4.69) is 0 Å². The van der Waals surface area contributed by atoms with E-state index in [1.165, 1.54) is 12.1 Å².